The van der Waals surface area contributed by atoms with Gasteiger partial charge in [-0.15, -0.1) is 0 Å². The van der Waals surface area contributed by atoms with Gasteiger partial charge < -0.3 is 9.47 Å². The van der Waals surface area contributed by atoms with Crippen LogP contribution in [0.1, 0.15) is 12.8 Å². The SMILES string of the molecule is O=C(NNC(=O)C1COc2ccccc2O1)C1CCN(S(=O)(=O)c2ccccc2)CC1. The largest absolute Gasteiger partial charge is 0.485 e. The van der Waals surface area contributed by atoms with Gasteiger partial charge in [0.05, 0.1) is 4.90 Å². The number of piperidine rings is 1. The summed E-state index contributed by atoms with van der Waals surface area (Å²) in [5.74, 6) is -0.249. The van der Waals surface area contributed by atoms with Gasteiger partial charge in [-0.25, -0.2) is 8.42 Å². The molecule has 4 rings (SSSR count). The number of nitrogens with one attached hydrogen (secondary N) is 2. The lowest BCUT2D eigenvalue weighted by Gasteiger charge is -2.30. The van der Waals surface area contributed by atoms with Crippen molar-refractivity contribution in [3.05, 3.63) is 54.6 Å². The number of hydrogen-bond donors (Lipinski definition) is 2. The van der Waals surface area contributed by atoms with Gasteiger partial charge in [-0.2, -0.15) is 4.31 Å². The zero-order valence-electron chi connectivity index (χ0n) is 16.7. The molecular weight excluding hydrogens is 422 g/mol. The van der Waals surface area contributed by atoms with Gasteiger partial charge in [0.25, 0.3) is 5.91 Å². The molecule has 10 heteroatoms. The van der Waals surface area contributed by atoms with Gasteiger partial charge in [0.15, 0.2) is 11.5 Å². The molecule has 1 fully saturated rings. The minimum absolute atomic E-state index is 0.0362. The number of hydrogen-bond acceptors (Lipinski definition) is 6. The second-order valence-electron chi connectivity index (χ2n) is 7.33. The first-order valence-electron chi connectivity index (χ1n) is 9.98. The first-order chi connectivity index (χ1) is 14.9. The van der Waals surface area contributed by atoms with Crippen LogP contribution in [0.5, 0.6) is 11.5 Å². The van der Waals surface area contributed by atoms with Crippen LogP contribution in [0.2, 0.25) is 0 Å². The maximum Gasteiger partial charge on any atom is 0.283 e. The van der Waals surface area contributed by atoms with Gasteiger partial charge in [-0.05, 0) is 37.1 Å². The van der Waals surface area contributed by atoms with Gasteiger partial charge in [0, 0.05) is 19.0 Å². The Morgan fingerprint density at radius 3 is 2.19 bits per heavy atom. The molecule has 0 aromatic heterocycles. The van der Waals surface area contributed by atoms with Crippen molar-refractivity contribution < 1.29 is 27.5 Å². The predicted octanol–water partition coefficient (Wildman–Crippen LogP) is 1.07. The molecule has 0 aliphatic carbocycles. The first kappa shape index (κ1) is 21.1. The Kier molecular flexibility index (Phi) is 6.10. The lowest BCUT2D eigenvalue weighted by Crippen LogP contribution is -2.53. The molecule has 2 aliphatic heterocycles. The van der Waals surface area contributed by atoms with E-state index >= 15 is 0 Å². The minimum Gasteiger partial charge on any atom is -0.485 e. The molecule has 2 aliphatic rings. The highest BCUT2D eigenvalue weighted by molar-refractivity contribution is 7.89. The molecule has 2 N–H and O–H groups in total. The second kappa shape index (κ2) is 8.94. The third-order valence-electron chi connectivity index (χ3n) is 5.32. The normalized spacial score (nSPS) is 19.4. The van der Waals surface area contributed by atoms with Crippen molar-refractivity contribution in [2.75, 3.05) is 19.7 Å². The van der Waals surface area contributed by atoms with Crippen molar-refractivity contribution in [1.29, 1.82) is 0 Å². The lowest BCUT2D eigenvalue weighted by atomic mass is 9.98. The average molecular weight is 445 g/mol. The minimum atomic E-state index is -3.57. The standard InChI is InChI=1S/C21H23N3O6S/c25-20(22-23-21(26)19-14-29-17-8-4-5-9-18(17)30-19)15-10-12-24(13-11-15)31(27,28)16-6-2-1-3-7-16/h1-9,15,19H,10-14H2,(H,22,25)(H,23,26). The second-order valence-corrected chi connectivity index (χ2v) is 9.27. The number of hydrazine groups is 1. The van der Waals surface area contributed by atoms with Gasteiger partial charge in [-0.3, -0.25) is 20.4 Å². The fraction of sp³-hybridized carbons (Fsp3) is 0.333. The summed E-state index contributed by atoms with van der Waals surface area (Å²) in [5, 5.41) is 0. The highest BCUT2D eigenvalue weighted by Crippen LogP contribution is 2.30. The number of rotatable bonds is 4. The molecule has 0 spiro atoms. The van der Waals surface area contributed by atoms with Crippen LogP contribution < -0.4 is 20.3 Å². The van der Waals surface area contributed by atoms with Crippen LogP contribution in [0.25, 0.3) is 0 Å². The Labute approximate surface area is 180 Å². The number of ether oxygens (including phenoxy) is 2. The van der Waals surface area contributed by atoms with Gasteiger partial charge in [0.2, 0.25) is 22.0 Å². The summed E-state index contributed by atoms with van der Waals surface area (Å²) in [7, 11) is -3.57. The maximum atomic E-state index is 12.7. The van der Waals surface area contributed by atoms with E-state index < -0.39 is 28.0 Å². The molecular formula is C21H23N3O6S. The van der Waals surface area contributed by atoms with E-state index in [0.29, 0.717) is 24.3 Å². The Balaban J connectivity index is 1.26. The molecule has 2 aromatic carbocycles. The molecule has 2 aromatic rings. The van der Waals surface area contributed by atoms with Crippen molar-refractivity contribution in [1.82, 2.24) is 15.2 Å². The summed E-state index contributed by atoms with van der Waals surface area (Å²) in [5.41, 5.74) is 4.79. The zero-order valence-corrected chi connectivity index (χ0v) is 17.5. The number of carbonyl (C=O) groups excluding carboxylic acids is 2. The molecule has 2 amide bonds. The summed E-state index contributed by atoms with van der Waals surface area (Å²) >= 11 is 0. The van der Waals surface area contributed by atoms with Crippen LogP contribution in [-0.2, 0) is 19.6 Å². The average Bonchev–Trinajstić information content (AvgIpc) is 2.82. The zero-order chi connectivity index (χ0) is 21.8. The Bertz CT molecular complexity index is 1050. The Morgan fingerprint density at radius 2 is 1.48 bits per heavy atom. The van der Waals surface area contributed by atoms with Crippen LogP contribution in [0.15, 0.2) is 59.5 Å². The third kappa shape index (κ3) is 4.64. The number of carbonyl (C=O) groups is 2. The van der Waals surface area contributed by atoms with Gasteiger partial charge in [0.1, 0.15) is 6.61 Å². The van der Waals surface area contributed by atoms with Crippen molar-refractivity contribution in [2.24, 2.45) is 5.92 Å². The number of para-hydroxylation sites is 2. The van der Waals surface area contributed by atoms with Crippen LogP contribution in [-0.4, -0.2) is 50.3 Å². The number of amides is 2. The molecule has 0 bridgehead atoms. The highest BCUT2D eigenvalue weighted by Gasteiger charge is 2.33. The fourth-order valence-electron chi connectivity index (χ4n) is 3.55. The van der Waals surface area contributed by atoms with Crippen molar-refractivity contribution in [3.63, 3.8) is 0 Å². The molecule has 0 radical (unpaired) electrons. The summed E-state index contributed by atoms with van der Waals surface area (Å²) < 4.78 is 37.9. The van der Waals surface area contributed by atoms with Crippen LogP contribution >= 0.6 is 0 Å². The van der Waals surface area contributed by atoms with Crippen molar-refractivity contribution in [3.8, 4) is 11.5 Å². The molecule has 1 atom stereocenters. The number of nitrogens with zero attached hydrogens (tertiary/aromatic N) is 1. The van der Waals surface area contributed by atoms with Gasteiger partial charge >= 0.3 is 0 Å². The summed E-state index contributed by atoms with van der Waals surface area (Å²) in [6.07, 6.45) is -0.151. The monoisotopic (exact) mass is 445 g/mol. The van der Waals surface area contributed by atoms with Crippen molar-refractivity contribution >= 4 is 21.8 Å². The third-order valence-corrected chi connectivity index (χ3v) is 7.23. The van der Waals surface area contributed by atoms with Crippen LogP contribution in [0.3, 0.4) is 0 Å². The quantitative estimate of drug-likeness (QED) is 0.681. The summed E-state index contributed by atoms with van der Waals surface area (Å²) in [4.78, 5) is 25.0. The van der Waals surface area contributed by atoms with E-state index in [2.05, 4.69) is 10.9 Å². The van der Waals surface area contributed by atoms with Crippen molar-refractivity contribution in [2.45, 2.75) is 23.8 Å². The first-order valence-corrected chi connectivity index (χ1v) is 11.4. The number of sulfonamides is 1. The molecule has 2 heterocycles. The van der Waals surface area contributed by atoms with Gasteiger partial charge in [-0.1, -0.05) is 30.3 Å². The highest BCUT2D eigenvalue weighted by atomic mass is 32.2. The fourth-order valence-corrected chi connectivity index (χ4v) is 5.05. The van der Waals surface area contributed by atoms with E-state index in [4.69, 9.17) is 9.47 Å². The van der Waals surface area contributed by atoms with E-state index in [1.807, 2.05) is 0 Å². The summed E-state index contributed by atoms with van der Waals surface area (Å²) in [6.45, 7) is 0.508. The lowest BCUT2D eigenvalue weighted by molar-refractivity contribution is -0.136. The molecule has 9 nitrogen and oxygen atoms in total. The molecule has 164 valence electrons. The smallest absolute Gasteiger partial charge is 0.283 e. The van der Waals surface area contributed by atoms with E-state index in [9.17, 15) is 18.0 Å². The molecule has 1 saturated heterocycles. The van der Waals surface area contributed by atoms with E-state index in [-0.39, 0.29) is 30.5 Å². The number of fused-ring (bicyclic) bond motifs is 1. The predicted molar refractivity (Wildman–Crippen MR) is 111 cm³/mol. The molecule has 0 saturated carbocycles. The number of benzene rings is 2. The van der Waals surface area contributed by atoms with E-state index in [1.54, 1.807) is 54.6 Å². The van der Waals surface area contributed by atoms with E-state index in [0.717, 1.165) is 0 Å². The summed E-state index contributed by atoms with van der Waals surface area (Å²) in [6, 6.07) is 15.2. The van der Waals surface area contributed by atoms with E-state index in [1.165, 1.54) is 4.31 Å². The maximum absolute atomic E-state index is 12.7. The van der Waals surface area contributed by atoms with Crippen LogP contribution in [0.4, 0.5) is 0 Å². The topological polar surface area (TPSA) is 114 Å². The Hall–Kier alpha value is -3.11. The molecule has 31 heavy (non-hydrogen) atoms. The Morgan fingerprint density at radius 1 is 0.871 bits per heavy atom. The van der Waals surface area contributed by atoms with Crippen LogP contribution in [0, 0.1) is 5.92 Å². The molecule has 1 unspecified atom stereocenters.